The molecule has 4 aliphatic heterocycles. The lowest BCUT2D eigenvalue weighted by atomic mass is 9.95. The van der Waals surface area contributed by atoms with Crippen LogP contribution in [0, 0.1) is 14.9 Å². The van der Waals surface area contributed by atoms with Gasteiger partial charge < -0.3 is 19.1 Å². The summed E-state index contributed by atoms with van der Waals surface area (Å²) in [5.74, 6) is -0.443. The number of hydrogen-bond acceptors (Lipinski definition) is 10. The SMILES string of the molecule is C=C[C@@H]1[C@@H]2CC[C@H](CN1c1nc(OC[C@@]34CCCN3C[C@H](F)C4)nc3c(F)c(-c4cc(OC(=O)C(C)(C)C)cc5ccccc45)nc(I)c13)N2C(=O)OC(C)(C)C. The molecule has 5 atom stereocenters. The fraction of sp³-hybridized carbons (Fsp3) is 0.512. The second kappa shape index (κ2) is 14.6. The number of fused-ring (bicyclic) bond motifs is 5. The van der Waals surface area contributed by atoms with E-state index >= 15 is 4.39 Å². The lowest BCUT2D eigenvalue weighted by Crippen LogP contribution is -2.61. The van der Waals surface area contributed by atoms with E-state index in [2.05, 4.69) is 39.0 Å². The van der Waals surface area contributed by atoms with E-state index in [0.29, 0.717) is 45.4 Å². The summed E-state index contributed by atoms with van der Waals surface area (Å²) in [6.07, 6.45) is 4.02. The summed E-state index contributed by atoms with van der Waals surface area (Å²) in [6.45, 7) is 16.7. The van der Waals surface area contributed by atoms with E-state index in [1.54, 1.807) is 39.0 Å². The zero-order valence-electron chi connectivity index (χ0n) is 33.3. The molecule has 0 radical (unpaired) electrons. The Bertz CT molecular complexity index is 2280. The highest BCUT2D eigenvalue weighted by molar-refractivity contribution is 14.1. The number of benzene rings is 2. The van der Waals surface area contributed by atoms with Crippen molar-refractivity contribution in [3.8, 4) is 23.0 Å². The van der Waals surface area contributed by atoms with Gasteiger partial charge in [0, 0.05) is 25.1 Å². The normalized spacial score (nSPS) is 24.9. The van der Waals surface area contributed by atoms with E-state index in [-0.39, 0.29) is 47.8 Å². The predicted molar refractivity (Wildman–Crippen MR) is 223 cm³/mol. The van der Waals surface area contributed by atoms with Gasteiger partial charge in [0.05, 0.1) is 34.5 Å². The molecule has 11 nitrogen and oxygen atoms in total. The number of carbonyl (C=O) groups excluding carboxylic acids is 2. The number of alkyl halides is 1. The van der Waals surface area contributed by atoms with Crippen molar-refractivity contribution in [3.05, 3.63) is 58.6 Å². The summed E-state index contributed by atoms with van der Waals surface area (Å²) in [7, 11) is 0. The second-order valence-corrected chi connectivity index (χ2v) is 18.9. The molecule has 0 spiro atoms. The Morgan fingerprint density at radius 3 is 2.58 bits per heavy atom. The molecule has 6 heterocycles. The minimum atomic E-state index is -0.951. The van der Waals surface area contributed by atoms with E-state index < -0.39 is 40.6 Å². The number of rotatable bonds is 7. The number of esters is 1. The number of halogens is 3. The van der Waals surface area contributed by atoms with Gasteiger partial charge in [-0.05, 0) is 119 Å². The molecule has 0 N–H and O–H groups in total. The Hall–Kier alpha value is -4.18. The van der Waals surface area contributed by atoms with E-state index in [1.165, 1.54) is 0 Å². The second-order valence-electron chi connectivity index (χ2n) is 17.9. The van der Waals surface area contributed by atoms with Crippen molar-refractivity contribution in [1.29, 1.82) is 0 Å². The summed E-state index contributed by atoms with van der Waals surface area (Å²) >= 11 is 2.10. The third kappa shape index (κ3) is 7.29. The van der Waals surface area contributed by atoms with Crippen molar-refractivity contribution in [2.24, 2.45) is 5.41 Å². The first-order valence-electron chi connectivity index (χ1n) is 19.7. The third-order valence-electron chi connectivity index (χ3n) is 11.7. The number of ether oxygens (including phenoxy) is 3. The van der Waals surface area contributed by atoms with Crippen LogP contribution in [0.1, 0.15) is 73.6 Å². The zero-order valence-corrected chi connectivity index (χ0v) is 35.4. The summed E-state index contributed by atoms with van der Waals surface area (Å²) in [4.78, 5) is 47.2. The minimum absolute atomic E-state index is 0.00543. The Morgan fingerprint density at radius 1 is 1.07 bits per heavy atom. The minimum Gasteiger partial charge on any atom is -0.461 e. The number of hydrogen-bond donors (Lipinski definition) is 0. The average molecular weight is 895 g/mol. The molecule has 4 aliphatic rings. The smallest absolute Gasteiger partial charge is 0.410 e. The standard InChI is InChI=1S/C43H49F2IN6O5/c1-8-30-31-15-14-26(52(31)40(54)57-42(5,6)7)22-51(30)37-32-35(48-39(49-37)55-23-43-16-11-17-50(43)21-25(44)20-43)33(45)34(47-36(32)46)29-19-27(56-38(53)41(2,3)4)18-24-12-9-10-13-28(24)29/h8-10,12-13,18-19,25-26,30-31H,1,11,14-17,20-23H2,2-7H3/t25-,26-,30-,31+,43+/m1/s1. The molecule has 0 unspecified atom stereocenters. The van der Waals surface area contributed by atoms with Gasteiger partial charge in [0.15, 0.2) is 5.82 Å². The maximum atomic E-state index is 17.6. The highest BCUT2D eigenvalue weighted by atomic mass is 127. The third-order valence-corrected chi connectivity index (χ3v) is 12.5. The molecule has 0 saturated carbocycles. The van der Waals surface area contributed by atoms with Crippen molar-refractivity contribution in [1.82, 2.24) is 24.8 Å². The molecule has 8 rings (SSSR count). The van der Waals surface area contributed by atoms with Crippen LogP contribution in [0.25, 0.3) is 32.9 Å². The molecule has 0 aliphatic carbocycles. The molecule has 4 fully saturated rings. The first-order valence-corrected chi connectivity index (χ1v) is 20.8. The lowest BCUT2D eigenvalue weighted by Gasteiger charge is -2.46. The van der Waals surface area contributed by atoms with Gasteiger partial charge in [-0.3, -0.25) is 14.6 Å². The van der Waals surface area contributed by atoms with Gasteiger partial charge in [-0.1, -0.05) is 30.3 Å². The van der Waals surface area contributed by atoms with E-state index in [1.807, 2.05) is 49.9 Å². The predicted octanol–water partition coefficient (Wildman–Crippen LogP) is 8.64. The molecule has 1 amide bonds. The fourth-order valence-electron chi connectivity index (χ4n) is 9.08. The quantitative estimate of drug-likeness (QED) is 0.0588. The molecule has 4 saturated heterocycles. The largest absolute Gasteiger partial charge is 0.461 e. The van der Waals surface area contributed by atoms with Crippen molar-refractivity contribution >= 4 is 62.1 Å². The average Bonchev–Trinajstić information content (AvgIpc) is 3.78. The van der Waals surface area contributed by atoms with Crippen LogP contribution in [0.5, 0.6) is 11.8 Å². The molecule has 57 heavy (non-hydrogen) atoms. The van der Waals surface area contributed by atoms with Gasteiger partial charge in [0.1, 0.15) is 44.9 Å². The molecule has 4 aromatic rings. The van der Waals surface area contributed by atoms with Crippen molar-refractivity contribution in [2.45, 2.75) is 109 Å². The van der Waals surface area contributed by atoms with Gasteiger partial charge in [0.25, 0.3) is 0 Å². The van der Waals surface area contributed by atoms with Gasteiger partial charge in [0.2, 0.25) is 0 Å². The van der Waals surface area contributed by atoms with Crippen LogP contribution in [0.15, 0.2) is 49.1 Å². The van der Waals surface area contributed by atoms with Crippen molar-refractivity contribution in [2.75, 3.05) is 31.1 Å². The van der Waals surface area contributed by atoms with Crippen molar-refractivity contribution in [3.63, 3.8) is 0 Å². The molecule has 14 heteroatoms. The van der Waals surface area contributed by atoms with Crippen LogP contribution in [0.2, 0.25) is 0 Å². The van der Waals surface area contributed by atoms with Gasteiger partial charge in [-0.15, -0.1) is 6.58 Å². The first kappa shape index (κ1) is 39.6. The first-order chi connectivity index (χ1) is 27.0. The summed E-state index contributed by atoms with van der Waals surface area (Å²) in [5, 5.41) is 1.85. The van der Waals surface area contributed by atoms with Crippen LogP contribution in [-0.2, 0) is 9.53 Å². The number of pyridine rings is 1. The highest BCUT2D eigenvalue weighted by Crippen LogP contribution is 2.44. The zero-order chi connectivity index (χ0) is 40.6. The van der Waals surface area contributed by atoms with Crippen LogP contribution >= 0.6 is 22.6 Å². The molecular weight excluding hydrogens is 845 g/mol. The number of aromatic nitrogens is 3. The van der Waals surface area contributed by atoms with Crippen molar-refractivity contribution < 1.29 is 32.6 Å². The number of amides is 1. The number of anilines is 1. The summed E-state index contributed by atoms with van der Waals surface area (Å²) in [6, 6.07) is 9.99. The monoisotopic (exact) mass is 894 g/mol. The maximum Gasteiger partial charge on any atom is 0.410 e. The van der Waals surface area contributed by atoms with Crippen LogP contribution < -0.4 is 14.4 Å². The molecular formula is C43H49F2IN6O5. The summed E-state index contributed by atoms with van der Waals surface area (Å²) in [5.41, 5.74) is -1.46. The topological polar surface area (TPSA) is 110 Å². The maximum absolute atomic E-state index is 17.6. The van der Waals surface area contributed by atoms with Crippen LogP contribution in [0.4, 0.5) is 19.4 Å². The van der Waals surface area contributed by atoms with Gasteiger partial charge in [-0.2, -0.15) is 9.97 Å². The Kier molecular flexibility index (Phi) is 10.1. The Labute approximate surface area is 345 Å². The highest BCUT2D eigenvalue weighted by Gasteiger charge is 2.51. The van der Waals surface area contributed by atoms with Gasteiger partial charge >= 0.3 is 18.1 Å². The number of nitrogens with zero attached hydrogens (tertiary/aromatic N) is 6. The Balaban J connectivity index is 1.27. The van der Waals surface area contributed by atoms with Crippen LogP contribution in [0.3, 0.4) is 0 Å². The molecule has 302 valence electrons. The number of carbonyl (C=O) groups is 2. The Morgan fingerprint density at radius 2 is 1.84 bits per heavy atom. The molecule has 2 aromatic carbocycles. The lowest BCUT2D eigenvalue weighted by molar-refractivity contribution is -0.142. The van der Waals surface area contributed by atoms with E-state index in [9.17, 15) is 14.0 Å². The number of piperazine rings is 1. The van der Waals surface area contributed by atoms with E-state index in [4.69, 9.17) is 29.2 Å². The van der Waals surface area contributed by atoms with E-state index in [0.717, 1.165) is 37.6 Å². The fourth-order valence-corrected chi connectivity index (χ4v) is 9.82. The van der Waals surface area contributed by atoms with Gasteiger partial charge in [-0.25, -0.2) is 18.6 Å². The molecule has 2 bridgehead atoms. The summed E-state index contributed by atoms with van der Waals surface area (Å²) < 4.78 is 50.9. The molecule has 2 aromatic heterocycles. The van der Waals surface area contributed by atoms with Crippen LogP contribution in [-0.4, -0.2) is 98.5 Å².